The van der Waals surface area contributed by atoms with Crippen LogP contribution in [-0.4, -0.2) is 40.1 Å². The van der Waals surface area contributed by atoms with Crippen LogP contribution in [0.25, 0.3) is 0 Å². The van der Waals surface area contributed by atoms with Gasteiger partial charge in [-0.05, 0) is 25.1 Å². The van der Waals surface area contributed by atoms with E-state index in [4.69, 9.17) is 5.73 Å². The van der Waals surface area contributed by atoms with Crippen LogP contribution < -0.4 is 11.1 Å². The normalized spacial score (nSPS) is 11.9. The van der Waals surface area contributed by atoms with Gasteiger partial charge in [0.1, 0.15) is 12.2 Å². The third-order valence-electron chi connectivity index (χ3n) is 2.90. The molecule has 0 fully saturated rings. The van der Waals surface area contributed by atoms with E-state index in [1.165, 1.54) is 11.2 Å². The smallest absolute Gasteiger partial charge is 0.255 e. The van der Waals surface area contributed by atoms with Crippen molar-refractivity contribution in [1.82, 2.24) is 20.1 Å². The summed E-state index contributed by atoms with van der Waals surface area (Å²) in [5.74, 6) is 0.605. The number of rotatable bonds is 4. The quantitative estimate of drug-likeness (QED) is 0.729. The van der Waals surface area contributed by atoms with Crippen molar-refractivity contribution in [3.05, 3.63) is 35.9 Å². The summed E-state index contributed by atoms with van der Waals surface area (Å²) < 4.78 is 0. The molecule has 0 bridgehead atoms. The van der Waals surface area contributed by atoms with Crippen molar-refractivity contribution < 1.29 is 4.79 Å². The molecule has 2 aromatic rings. The second-order valence-corrected chi connectivity index (χ2v) is 4.74. The Hall–Kier alpha value is -2.57. The zero-order chi connectivity index (χ0) is 14.7. The minimum Gasteiger partial charge on any atom is -0.399 e. The molecule has 0 aliphatic carbocycles. The second kappa shape index (κ2) is 5.60. The molecular weight excluding hydrogens is 256 g/mol. The summed E-state index contributed by atoms with van der Waals surface area (Å²) >= 11 is 0. The van der Waals surface area contributed by atoms with E-state index in [1.54, 1.807) is 32.3 Å². The van der Waals surface area contributed by atoms with Crippen LogP contribution in [0.4, 0.5) is 11.4 Å². The maximum Gasteiger partial charge on any atom is 0.255 e. The Kier molecular flexibility index (Phi) is 3.88. The van der Waals surface area contributed by atoms with Crippen molar-refractivity contribution in [1.29, 1.82) is 0 Å². The highest BCUT2D eigenvalue weighted by molar-refractivity contribution is 6.00. The van der Waals surface area contributed by atoms with E-state index in [2.05, 4.69) is 20.5 Å². The summed E-state index contributed by atoms with van der Waals surface area (Å²) in [6.45, 7) is 1.92. The van der Waals surface area contributed by atoms with E-state index in [1.807, 2.05) is 6.92 Å². The number of amides is 1. The Morgan fingerprint density at radius 3 is 2.80 bits per heavy atom. The van der Waals surface area contributed by atoms with Gasteiger partial charge in [-0.2, -0.15) is 5.10 Å². The summed E-state index contributed by atoms with van der Waals surface area (Å²) in [7, 11) is 3.42. The fourth-order valence-corrected chi connectivity index (χ4v) is 1.83. The zero-order valence-corrected chi connectivity index (χ0v) is 11.7. The van der Waals surface area contributed by atoms with Crippen LogP contribution >= 0.6 is 0 Å². The number of nitrogens with one attached hydrogen (secondary N) is 2. The first kappa shape index (κ1) is 13.9. The molecule has 1 unspecified atom stereocenters. The number of benzene rings is 1. The predicted octanol–water partition coefficient (Wildman–Crippen LogP) is 1.26. The zero-order valence-electron chi connectivity index (χ0n) is 11.7. The average molecular weight is 274 g/mol. The lowest BCUT2D eigenvalue weighted by Crippen LogP contribution is -2.23. The molecule has 0 saturated heterocycles. The minimum atomic E-state index is -0.118. The molecule has 0 aliphatic heterocycles. The summed E-state index contributed by atoms with van der Waals surface area (Å²) in [6.07, 6.45) is 1.44. The lowest BCUT2D eigenvalue weighted by molar-refractivity contribution is 0.0828. The van der Waals surface area contributed by atoms with Crippen molar-refractivity contribution in [2.45, 2.75) is 13.0 Å². The number of aromatic nitrogens is 3. The standard InChI is InChI=1S/C13H18N6O/c1-8(12-15-7-16-18-12)17-11-6-9(14)4-5-10(11)13(20)19(2)3/h4-8,17H,14H2,1-3H3,(H,15,16,18). The maximum atomic E-state index is 12.2. The molecule has 0 saturated carbocycles. The van der Waals surface area contributed by atoms with Gasteiger partial charge in [-0.25, -0.2) is 4.98 Å². The molecule has 20 heavy (non-hydrogen) atoms. The molecule has 0 spiro atoms. The van der Waals surface area contributed by atoms with Crippen molar-refractivity contribution in [2.75, 3.05) is 25.1 Å². The van der Waals surface area contributed by atoms with Gasteiger partial charge in [-0.1, -0.05) is 0 Å². The molecule has 7 nitrogen and oxygen atoms in total. The molecule has 1 aromatic heterocycles. The van der Waals surface area contributed by atoms with Crippen molar-refractivity contribution in [2.24, 2.45) is 0 Å². The van der Waals surface area contributed by atoms with Gasteiger partial charge < -0.3 is 16.0 Å². The van der Waals surface area contributed by atoms with Gasteiger partial charge in [0.05, 0.1) is 11.6 Å². The number of H-pyrrole nitrogens is 1. The van der Waals surface area contributed by atoms with Crippen LogP contribution in [0.15, 0.2) is 24.5 Å². The molecule has 1 heterocycles. The fourth-order valence-electron chi connectivity index (χ4n) is 1.83. The SMILES string of the molecule is CC(Nc1cc(N)ccc1C(=O)N(C)C)c1ncn[nH]1. The number of carbonyl (C=O) groups is 1. The van der Waals surface area contributed by atoms with Gasteiger partial charge in [0.2, 0.25) is 0 Å². The molecule has 1 atom stereocenters. The Balaban J connectivity index is 2.30. The van der Waals surface area contributed by atoms with Crippen molar-refractivity contribution in [3.8, 4) is 0 Å². The largest absolute Gasteiger partial charge is 0.399 e. The highest BCUT2D eigenvalue weighted by atomic mass is 16.2. The number of anilines is 2. The molecular formula is C13H18N6O. The number of hydrogen-bond donors (Lipinski definition) is 3. The Morgan fingerprint density at radius 1 is 1.45 bits per heavy atom. The molecule has 2 rings (SSSR count). The van der Waals surface area contributed by atoms with Gasteiger partial charge in [0, 0.05) is 25.5 Å². The number of carbonyl (C=O) groups excluding carboxylic acids is 1. The first-order valence-corrected chi connectivity index (χ1v) is 6.22. The summed E-state index contributed by atoms with van der Waals surface area (Å²) in [5, 5.41) is 9.83. The fraction of sp³-hybridized carbons (Fsp3) is 0.308. The number of nitrogens with zero attached hydrogens (tertiary/aromatic N) is 3. The topological polar surface area (TPSA) is 99.9 Å². The van der Waals surface area contributed by atoms with Gasteiger partial charge in [-0.3, -0.25) is 9.89 Å². The third kappa shape index (κ3) is 2.87. The lowest BCUT2D eigenvalue weighted by Gasteiger charge is -2.18. The first-order chi connectivity index (χ1) is 9.49. The minimum absolute atomic E-state index is 0.0859. The highest BCUT2D eigenvalue weighted by Gasteiger charge is 2.16. The maximum absolute atomic E-state index is 12.2. The third-order valence-corrected chi connectivity index (χ3v) is 2.90. The van der Waals surface area contributed by atoms with E-state index in [0.29, 0.717) is 22.8 Å². The molecule has 1 aromatic carbocycles. The van der Waals surface area contributed by atoms with Gasteiger partial charge in [0.15, 0.2) is 0 Å². The second-order valence-electron chi connectivity index (χ2n) is 4.74. The Bertz CT molecular complexity index is 593. The number of nitrogens with two attached hydrogens (primary N) is 1. The summed E-state index contributed by atoms with van der Waals surface area (Å²) in [4.78, 5) is 17.8. The van der Waals surface area contributed by atoms with Crippen LogP contribution in [0, 0.1) is 0 Å². The van der Waals surface area contributed by atoms with Crippen LogP contribution in [-0.2, 0) is 0 Å². The van der Waals surface area contributed by atoms with Crippen LogP contribution in [0.5, 0.6) is 0 Å². The lowest BCUT2D eigenvalue weighted by atomic mass is 10.1. The van der Waals surface area contributed by atoms with E-state index in [0.717, 1.165) is 0 Å². The monoisotopic (exact) mass is 274 g/mol. The molecule has 4 N–H and O–H groups in total. The van der Waals surface area contributed by atoms with Gasteiger partial charge >= 0.3 is 0 Å². The molecule has 7 heteroatoms. The van der Waals surface area contributed by atoms with Gasteiger partial charge in [0.25, 0.3) is 5.91 Å². The first-order valence-electron chi connectivity index (χ1n) is 6.22. The van der Waals surface area contributed by atoms with Crippen LogP contribution in [0.1, 0.15) is 29.1 Å². The number of aromatic amines is 1. The number of hydrogen-bond acceptors (Lipinski definition) is 5. The van der Waals surface area contributed by atoms with E-state index < -0.39 is 0 Å². The molecule has 0 aliphatic rings. The molecule has 0 radical (unpaired) electrons. The summed E-state index contributed by atoms with van der Waals surface area (Å²) in [6, 6.07) is 5.05. The van der Waals surface area contributed by atoms with Crippen LogP contribution in [0.2, 0.25) is 0 Å². The van der Waals surface area contributed by atoms with E-state index in [9.17, 15) is 4.79 Å². The van der Waals surface area contributed by atoms with Crippen molar-refractivity contribution >= 4 is 17.3 Å². The Morgan fingerprint density at radius 2 is 2.20 bits per heavy atom. The van der Waals surface area contributed by atoms with Gasteiger partial charge in [-0.15, -0.1) is 0 Å². The number of nitrogen functional groups attached to an aromatic ring is 1. The predicted molar refractivity (Wildman–Crippen MR) is 77.3 cm³/mol. The summed E-state index contributed by atoms with van der Waals surface area (Å²) in [5.41, 5.74) is 7.63. The average Bonchev–Trinajstić information content (AvgIpc) is 2.92. The molecule has 1 amide bonds. The van der Waals surface area contributed by atoms with Crippen molar-refractivity contribution in [3.63, 3.8) is 0 Å². The Labute approximate surface area is 117 Å². The van der Waals surface area contributed by atoms with E-state index >= 15 is 0 Å². The van der Waals surface area contributed by atoms with E-state index in [-0.39, 0.29) is 11.9 Å². The highest BCUT2D eigenvalue weighted by Crippen LogP contribution is 2.24. The molecule has 106 valence electrons. The van der Waals surface area contributed by atoms with Crippen LogP contribution in [0.3, 0.4) is 0 Å².